The molecule has 0 amide bonds. The summed E-state index contributed by atoms with van der Waals surface area (Å²) in [6.45, 7) is 0. The zero-order valence-electron chi connectivity index (χ0n) is 4.44. The van der Waals surface area contributed by atoms with Crippen LogP contribution in [0.3, 0.4) is 0 Å². The summed E-state index contributed by atoms with van der Waals surface area (Å²) in [5, 5.41) is 0. The van der Waals surface area contributed by atoms with Gasteiger partial charge in [0, 0.05) is 0 Å². The van der Waals surface area contributed by atoms with Gasteiger partial charge in [-0.05, 0) is 47.8 Å². The van der Waals surface area contributed by atoms with Crippen molar-refractivity contribution in [2.24, 2.45) is 0 Å². The Morgan fingerprint density at radius 3 is 2.30 bits per heavy atom. The monoisotopic (exact) mass is 335 g/mol. The summed E-state index contributed by atoms with van der Waals surface area (Å²) < 4.78 is 15.9. The number of aromatic nitrogens is 1. The van der Waals surface area contributed by atoms with Gasteiger partial charge >= 0.3 is 0 Å². The Kier molecular flexibility index (Phi) is 2.52. The molecule has 10 heavy (non-hydrogen) atoms. The SMILES string of the molecule is Fc1cnc(C(Br)(Br)Br)o1. The van der Waals surface area contributed by atoms with Crippen LogP contribution in [0.2, 0.25) is 0 Å². The molecular formula is C4HBr3FNO. The van der Waals surface area contributed by atoms with E-state index in [0.29, 0.717) is 0 Å². The fraction of sp³-hybridized carbons (Fsp3) is 0.250. The van der Waals surface area contributed by atoms with Gasteiger partial charge in [0.05, 0.1) is 0 Å². The van der Waals surface area contributed by atoms with E-state index in [-0.39, 0.29) is 5.89 Å². The van der Waals surface area contributed by atoms with Gasteiger partial charge in [-0.15, -0.1) is 0 Å². The maximum atomic E-state index is 12.2. The van der Waals surface area contributed by atoms with E-state index in [2.05, 4.69) is 57.2 Å². The number of rotatable bonds is 0. The molecule has 0 radical (unpaired) electrons. The van der Waals surface area contributed by atoms with E-state index in [0.717, 1.165) is 6.20 Å². The zero-order valence-corrected chi connectivity index (χ0v) is 9.20. The molecule has 0 saturated carbocycles. The van der Waals surface area contributed by atoms with E-state index < -0.39 is 8.16 Å². The summed E-state index contributed by atoms with van der Waals surface area (Å²) in [4.78, 5) is 3.60. The zero-order chi connectivity index (χ0) is 7.78. The van der Waals surface area contributed by atoms with Gasteiger partial charge in [-0.1, -0.05) is 0 Å². The number of hydrogen-bond donors (Lipinski definition) is 0. The van der Waals surface area contributed by atoms with E-state index in [1.54, 1.807) is 0 Å². The van der Waals surface area contributed by atoms with Gasteiger partial charge in [0.25, 0.3) is 6.01 Å². The predicted octanol–water partition coefficient (Wildman–Crippen LogP) is 3.11. The average Bonchev–Trinajstić information content (AvgIpc) is 2.11. The molecule has 6 heteroatoms. The van der Waals surface area contributed by atoms with Crippen molar-refractivity contribution in [1.29, 1.82) is 0 Å². The Balaban J connectivity index is 2.96. The summed E-state index contributed by atoms with van der Waals surface area (Å²) in [6, 6.07) is -0.710. The molecule has 2 nitrogen and oxygen atoms in total. The molecule has 1 aromatic rings. The van der Waals surface area contributed by atoms with Crippen LogP contribution in [-0.4, -0.2) is 4.98 Å². The Hall–Kier alpha value is 0.580. The van der Waals surface area contributed by atoms with Gasteiger partial charge in [0.2, 0.25) is 8.03 Å². The minimum absolute atomic E-state index is 0.185. The van der Waals surface area contributed by atoms with Crippen molar-refractivity contribution < 1.29 is 8.81 Å². The second kappa shape index (κ2) is 2.91. The molecule has 0 atom stereocenters. The molecule has 0 aliphatic heterocycles. The van der Waals surface area contributed by atoms with Gasteiger partial charge in [0.1, 0.15) is 6.20 Å². The molecule has 0 aliphatic carbocycles. The fourth-order valence-corrected chi connectivity index (χ4v) is 0.935. The number of oxazole rings is 1. The standard InChI is InChI=1S/C4HBr3FNO/c5-4(6,7)3-9-1-2(8)10-3/h1H. The van der Waals surface area contributed by atoms with Crippen molar-refractivity contribution in [3.8, 4) is 0 Å². The number of halogens is 4. The smallest absolute Gasteiger partial charge is 0.298 e. The molecule has 0 N–H and O–H groups in total. The lowest BCUT2D eigenvalue weighted by atomic mass is 10.8. The molecule has 0 saturated heterocycles. The lowest BCUT2D eigenvalue weighted by molar-refractivity contribution is 0.340. The van der Waals surface area contributed by atoms with Crippen molar-refractivity contribution >= 4 is 47.8 Å². The van der Waals surface area contributed by atoms with Crippen LogP contribution in [0.25, 0.3) is 0 Å². The van der Waals surface area contributed by atoms with E-state index in [4.69, 9.17) is 0 Å². The number of hydrogen-bond acceptors (Lipinski definition) is 2. The van der Waals surface area contributed by atoms with E-state index in [1.165, 1.54) is 0 Å². The molecule has 56 valence electrons. The molecule has 0 aliphatic rings. The Labute approximate surface area is 81.6 Å². The Morgan fingerprint density at radius 1 is 1.50 bits per heavy atom. The van der Waals surface area contributed by atoms with Crippen molar-refractivity contribution in [1.82, 2.24) is 4.98 Å². The van der Waals surface area contributed by atoms with Crippen LogP contribution in [0.5, 0.6) is 0 Å². The molecule has 0 bridgehead atoms. The highest BCUT2D eigenvalue weighted by atomic mass is 80.0. The molecule has 0 aromatic carbocycles. The first-order chi connectivity index (χ1) is 4.50. The number of alkyl halides is 3. The van der Waals surface area contributed by atoms with Crippen LogP contribution >= 0.6 is 47.8 Å². The first kappa shape index (κ1) is 8.67. The quantitative estimate of drug-likeness (QED) is 0.680. The fourth-order valence-electron chi connectivity index (χ4n) is 0.385. The summed E-state index contributed by atoms with van der Waals surface area (Å²) in [5.41, 5.74) is 0. The molecule has 1 heterocycles. The highest BCUT2D eigenvalue weighted by Gasteiger charge is 2.27. The Bertz CT molecular complexity index is 231. The molecule has 1 rings (SSSR count). The van der Waals surface area contributed by atoms with Gasteiger partial charge in [-0.25, -0.2) is 4.98 Å². The third-order valence-corrected chi connectivity index (χ3v) is 1.74. The van der Waals surface area contributed by atoms with Crippen LogP contribution in [0.15, 0.2) is 10.6 Å². The second-order valence-electron chi connectivity index (χ2n) is 1.47. The van der Waals surface area contributed by atoms with Crippen molar-refractivity contribution in [3.05, 3.63) is 18.1 Å². The second-order valence-corrected chi connectivity index (χ2v) is 8.23. The lowest BCUT2D eigenvalue weighted by Crippen LogP contribution is -1.96. The molecule has 1 aromatic heterocycles. The number of nitrogens with zero attached hydrogens (tertiary/aromatic N) is 1. The summed E-state index contributed by atoms with van der Waals surface area (Å²) >= 11 is 9.33. The normalized spacial score (nSPS) is 12.0. The van der Waals surface area contributed by atoms with E-state index >= 15 is 0 Å². The third-order valence-electron chi connectivity index (χ3n) is 0.720. The molecule has 0 unspecified atom stereocenters. The summed E-state index contributed by atoms with van der Waals surface area (Å²) in [5.74, 6) is 0.185. The maximum Gasteiger partial charge on any atom is 0.298 e. The predicted molar refractivity (Wildman–Crippen MR) is 44.9 cm³/mol. The van der Waals surface area contributed by atoms with Crippen LogP contribution in [0.4, 0.5) is 4.39 Å². The maximum absolute atomic E-state index is 12.2. The van der Waals surface area contributed by atoms with Crippen LogP contribution in [0.1, 0.15) is 5.89 Å². The largest absolute Gasteiger partial charge is 0.412 e. The van der Waals surface area contributed by atoms with Crippen LogP contribution in [-0.2, 0) is 2.14 Å². The van der Waals surface area contributed by atoms with E-state index in [9.17, 15) is 4.39 Å². The molecule has 0 fully saturated rings. The van der Waals surface area contributed by atoms with Crippen molar-refractivity contribution in [3.63, 3.8) is 0 Å². The van der Waals surface area contributed by atoms with Crippen molar-refractivity contribution in [2.45, 2.75) is 2.14 Å². The van der Waals surface area contributed by atoms with Crippen molar-refractivity contribution in [2.75, 3.05) is 0 Å². The summed E-state index contributed by atoms with van der Waals surface area (Å²) in [6.07, 6.45) is 0.994. The van der Waals surface area contributed by atoms with Gasteiger partial charge < -0.3 is 4.42 Å². The first-order valence-electron chi connectivity index (χ1n) is 2.18. The van der Waals surface area contributed by atoms with Gasteiger partial charge in [-0.3, -0.25) is 0 Å². The first-order valence-corrected chi connectivity index (χ1v) is 4.56. The average molecular weight is 338 g/mol. The topological polar surface area (TPSA) is 26.0 Å². The lowest BCUT2D eigenvalue weighted by Gasteiger charge is -2.03. The molecular weight excluding hydrogens is 337 g/mol. The minimum Gasteiger partial charge on any atom is -0.412 e. The summed E-state index contributed by atoms with van der Waals surface area (Å²) in [7, 11) is 0. The van der Waals surface area contributed by atoms with Gasteiger partial charge in [-0.2, -0.15) is 4.39 Å². The van der Waals surface area contributed by atoms with Crippen LogP contribution < -0.4 is 0 Å². The molecule has 0 spiro atoms. The minimum atomic E-state index is -0.767. The Morgan fingerprint density at radius 2 is 2.10 bits per heavy atom. The highest BCUT2D eigenvalue weighted by molar-refractivity contribution is 9.38. The van der Waals surface area contributed by atoms with Crippen LogP contribution in [0, 0.1) is 6.01 Å². The third kappa shape index (κ3) is 2.03. The highest BCUT2D eigenvalue weighted by Crippen LogP contribution is 2.43. The van der Waals surface area contributed by atoms with Gasteiger partial charge in [0.15, 0.2) is 0 Å². The van der Waals surface area contributed by atoms with E-state index in [1.807, 2.05) is 0 Å².